The molecule has 0 radical (unpaired) electrons. The monoisotopic (exact) mass is 313 g/mol. The average Bonchev–Trinajstić information content (AvgIpc) is 2.35. The summed E-state index contributed by atoms with van der Waals surface area (Å²) in [6, 6.07) is 7.77. The Balaban J connectivity index is 2.29. The van der Waals surface area contributed by atoms with Crippen LogP contribution in [0.25, 0.3) is 0 Å². The van der Waals surface area contributed by atoms with E-state index in [0.717, 1.165) is 10.0 Å². The van der Waals surface area contributed by atoms with Crippen LogP contribution in [0.3, 0.4) is 0 Å². The maximum Gasteiger partial charge on any atom is 0.308 e. The molecule has 0 heterocycles. The number of carboxylic acids is 1. The lowest BCUT2D eigenvalue weighted by Gasteiger charge is -2.08. The number of nitrogens with one attached hydrogen (secondary N) is 1. The van der Waals surface area contributed by atoms with Crippen LogP contribution in [0.1, 0.15) is 18.9 Å². The van der Waals surface area contributed by atoms with Gasteiger partial charge in [0.05, 0.1) is 5.92 Å². The molecule has 0 saturated carbocycles. The number of amides is 1. The number of hydrogen-bond donors (Lipinski definition) is 2. The minimum atomic E-state index is -0.900. The quantitative estimate of drug-likeness (QED) is 0.846. The highest BCUT2D eigenvalue weighted by atomic mass is 79.9. The van der Waals surface area contributed by atoms with E-state index in [4.69, 9.17) is 5.11 Å². The Bertz CT molecular complexity index is 417. The first-order valence-corrected chi connectivity index (χ1v) is 6.52. The highest BCUT2D eigenvalue weighted by Gasteiger charge is 2.11. The molecule has 0 aromatic heterocycles. The van der Waals surface area contributed by atoms with Crippen molar-refractivity contribution in [1.29, 1.82) is 0 Å². The number of rotatable bonds is 6. The SMILES string of the molecule is C[C@@H](CNC(=O)CCc1ccc(Br)cc1)C(=O)O. The van der Waals surface area contributed by atoms with Crippen LogP contribution in [-0.2, 0) is 16.0 Å². The van der Waals surface area contributed by atoms with Crippen LogP contribution in [0, 0.1) is 5.92 Å². The van der Waals surface area contributed by atoms with E-state index in [9.17, 15) is 9.59 Å². The molecule has 1 rings (SSSR count). The van der Waals surface area contributed by atoms with E-state index in [2.05, 4.69) is 21.2 Å². The summed E-state index contributed by atoms with van der Waals surface area (Å²) in [5.74, 6) is -1.57. The zero-order valence-electron chi connectivity index (χ0n) is 10.1. The molecule has 5 heteroatoms. The van der Waals surface area contributed by atoms with Gasteiger partial charge in [-0.1, -0.05) is 35.0 Å². The van der Waals surface area contributed by atoms with Gasteiger partial charge in [-0.3, -0.25) is 9.59 Å². The van der Waals surface area contributed by atoms with Crippen LogP contribution < -0.4 is 5.32 Å². The van der Waals surface area contributed by atoms with Crippen molar-refractivity contribution in [3.05, 3.63) is 34.3 Å². The van der Waals surface area contributed by atoms with Crippen LogP contribution in [-0.4, -0.2) is 23.5 Å². The number of carbonyl (C=O) groups is 2. The van der Waals surface area contributed by atoms with Gasteiger partial charge in [0.25, 0.3) is 0 Å². The zero-order chi connectivity index (χ0) is 13.5. The molecular weight excluding hydrogens is 298 g/mol. The van der Waals surface area contributed by atoms with Gasteiger partial charge in [0, 0.05) is 17.4 Å². The number of hydrogen-bond acceptors (Lipinski definition) is 2. The highest BCUT2D eigenvalue weighted by molar-refractivity contribution is 9.10. The fraction of sp³-hybridized carbons (Fsp3) is 0.385. The van der Waals surface area contributed by atoms with Crippen molar-refractivity contribution in [3.8, 4) is 0 Å². The summed E-state index contributed by atoms with van der Waals surface area (Å²) in [7, 11) is 0. The van der Waals surface area contributed by atoms with Crippen molar-refractivity contribution < 1.29 is 14.7 Å². The second kappa shape index (κ2) is 7.16. The maximum absolute atomic E-state index is 11.5. The molecule has 1 atom stereocenters. The van der Waals surface area contributed by atoms with E-state index in [-0.39, 0.29) is 12.5 Å². The van der Waals surface area contributed by atoms with Gasteiger partial charge in [-0.25, -0.2) is 0 Å². The molecule has 0 spiro atoms. The third-order valence-electron chi connectivity index (χ3n) is 2.58. The molecule has 2 N–H and O–H groups in total. The largest absolute Gasteiger partial charge is 0.481 e. The Kier molecular flexibility index (Phi) is 5.85. The van der Waals surface area contributed by atoms with Crippen LogP contribution in [0.5, 0.6) is 0 Å². The number of carboxylic acid groups (broad SMARTS) is 1. The van der Waals surface area contributed by atoms with Crippen molar-refractivity contribution in [2.45, 2.75) is 19.8 Å². The molecular formula is C13H16BrNO3. The third-order valence-corrected chi connectivity index (χ3v) is 3.11. The molecule has 1 aromatic rings. The Morgan fingerprint density at radius 3 is 2.50 bits per heavy atom. The van der Waals surface area contributed by atoms with Crippen molar-refractivity contribution in [2.24, 2.45) is 5.92 Å². The van der Waals surface area contributed by atoms with Crippen molar-refractivity contribution in [1.82, 2.24) is 5.32 Å². The number of carbonyl (C=O) groups excluding carboxylic acids is 1. The first-order chi connectivity index (χ1) is 8.49. The summed E-state index contributed by atoms with van der Waals surface area (Å²) in [6.07, 6.45) is 1.02. The maximum atomic E-state index is 11.5. The molecule has 18 heavy (non-hydrogen) atoms. The number of aliphatic carboxylic acids is 1. The lowest BCUT2D eigenvalue weighted by atomic mass is 10.1. The van der Waals surface area contributed by atoms with E-state index in [1.165, 1.54) is 0 Å². The number of halogens is 1. The van der Waals surface area contributed by atoms with E-state index < -0.39 is 11.9 Å². The molecule has 0 aliphatic rings. The molecule has 0 saturated heterocycles. The summed E-state index contributed by atoms with van der Waals surface area (Å²) in [5.41, 5.74) is 1.08. The van der Waals surface area contributed by atoms with Crippen molar-refractivity contribution in [3.63, 3.8) is 0 Å². The number of benzene rings is 1. The van der Waals surface area contributed by atoms with E-state index in [1.807, 2.05) is 24.3 Å². The van der Waals surface area contributed by atoms with E-state index in [0.29, 0.717) is 12.8 Å². The Morgan fingerprint density at radius 2 is 1.94 bits per heavy atom. The first kappa shape index (κ1) is 14.7. The van der Waals surface area contributed by atoms with Crippen LogP contribution in [0.4, 0.5) is 0 Å². The van der Waals surface area contributed by atoms with Crippen molar-refractivity contribution >= 4 is 27.8 Å². The standard InChI is InChI=1S/C13H16BrNO3/c1-9(13(17)18)8-15-12(16)7-4-10-2-5-11(14)6-3-10/h2-3,5-6,9H,4,7-8H2,1H3,(H,15,16)(H,17,18)/t9-/m0/s1. The minimum absolute atomic E-state index is 0.119. The highest BCUT2D eigenvalue weighted by Crippen LogP contribution is 2.11. The normalized spacial score (nSPS) is 11.9. The van der Waals surface area contributed by atoms with Crippen LogP contribution >= 0.6 is 15.9 Å². The molecule has 0 unspecified atom stereocenters. The van der Waals surface area contributed by atoms with E-state index >= 15 is 0 Å². The Labute approximate surface area is 115 Å². The summed E-state index contributed by atoms with van der Waals surface area (Å²) in [6.45, 7) is 1.74. The van der Waals surface area contributed by atoms with Crippen LogP contribution in [0.2, 0.25) is 0 Å². The third kappa shape index (κ3) is 5.31. The summed E-state index contributed by atoms with van der Waals surface area (Å²) in [5, 5.41) is 11.3. The average molecular weight is 314 g/mol. The van der Waals surface area contributed by atoms with E-state index in [1.54, 1.807) is 6.92 Å². The fourth-order valence-corrected chi connectivity index (χ4v) is 1.62. The van der Waals surface area contributed by atoms with Gasteiger partial charge in [0.15, 0.2) is 0 Å². The summed E-state index contributed by atoms with van der Waals surface area (Å²) < 4.78 is 1.01. The molecule has 0 fully saturated rings. The molecule has 0 bridgehead atoms. The van der Waals surface area contributed by atoms with Gasteiger partial charge < -0.3 is 10.4 Å². The molecule has 0 aliphatic carbocycles. The minimum Gasteiger partial charge on any atom is -0.481 e. The molecule has 1 aromatic carbocycles. The van der Waals surface area contributed by atoms with Gasteiger partial charge in [0.1, 0.15) is 0 Å². The van der Waals surface area contributed by atoms with Gasteiger partial charge in [-0.05, 0) is 24.1 Å². The lowest BCUT2D eigenvalue weighted by Crippen LogP contribution is -2.31. The Morgan fingerprint density at radius 1 is 1.33 bits per heavy atom. The van der Waals surface area contributed by atoms with Crippen molar-refractivity contribution in [2.75, 3.05) is 6.54 Å². The second-order valence-corrected chi connectivity index (χ2v) is 5.09. The van der Waals surface area contributed by atoms with Gasteiger partial charge in [0.2, 0.25) is 5.91 Å². The smallest absolute Gasteiger partial charge is 0.308 e. The predicted octanol–water partition coefficient (Wildman–Crippen LogP) is 2.22. The summed E-state index contributed by atoms with van der Waals surface area (Å²) in [4.78, 5) is 22.1. The lowest BCUT2D eigenvalue weighted by molar-refractivity contribution is -0.141. The van der Waals surface area contributed by atoms with Crippen LogP contribution in [0.15, 0.2) is 28.7 Å². The van der Waals surface area contributed by atoms with Gasteiger partial charge in [-0.2, -0.15) is 0 Å². The topological polar surface area (TPSA) is 66.4 Å². The Hall–Kier alpha value is -1.36. The number of aryl methyl sites for hydroxylation is 1. The molecule has 98 valence electrons. The molecule has 4 nitrogen and oxygen atoms in total. The van der Waals surface area contributed by atoms with Gasteiger partial charge in [-0.15, -0.1) is 0 Å². The van der Waals surface area contributed by atoms with Gasteiger partial charge >= 0.3 is 5.97 Å². The predicted molar refractivity (Wildman–Crippen MR) is 72.3 cm³/mol. The first-order valence-electron chi connectivity index (χ1n) is 5.73. The fourth-order valence-electron chi connectivity index (χ4n) is 1.35. The summed E-state index contributed by atoms with van der Waals surface area (Å²) >= 11 is 3.34. The zero-order valence-corrected chi connectivity index (χ0v) is 11.7. The second-order valence-electron chi connectivity index (χ2n) is 4.17. The molecule has 0 aliphatic heterocycles. The molecule has 1 amide bonds.